The van der Waals surface area contributed by atoms with Gasteiger partial charge in [0, 0.05) is 12.5 Å². The van der Waals surface area contributed by atoms with Crippen LogP contribution in [-0.2, 0) is 9.59 Å². The Labute approximate surface area is 106 Å². The molecule has 2 atom stereocenters. The molecule has 0 saturated carbocycles. The fraction of sp³-hybridized carbons (Fsp3) is 0.385. The topological polar surface area (TPSA) is 92.4 Å². The van der Waals surface area contributed by atoms with Crippen molar-refractivity contribution in [3.8, 4) is 0 Å². The van der Waals surface area contributed by atoms with Gasteiger partial charge in [-0.15, -0.1) is 0 Å². The molecule has 5 nitrogen and oxygen atoms in total. The summed E-state index contributed by atoms with van der Waals surface area (Å²) in [6.45, 7) is 1.76. The van der Waals surface area contributed by atoms with Crippen molar-refractivity contribution in [1.29, 1.82) is 0 Å². The van der Waals surface area contributed by atoms with Crippen LogP contribution in [0.3, 0.4) is 0 Å². The van der Waals surface area contributed by atoms with Gasteiger partial charge in [0.15, 0.2) is 0 Å². The Morgan fingerprint density at radius 3 is 2.50 bits per heavy atom. The first-order chi connectivity index (χ1) is 8.50. The summed E-state index contributed by atoms with van der Waals surface area (Å²) in [5, 5.41) is 11.3. The smallest absolute Gasteiger partial charge is 0.303 e. The number of aliphatic carboxylic acids is 1. The van der Waals surface area contributed by atoms with Crippen molar-refractivity contribution in [2.24, 2.45) is 5.73 Å². The van der Waals surface area contributed by atoms with Crippen molar-refractivity contribution >= 4 is 11.9 Å². The normalized spacial score (nSPS) is 13.7. The molecule has 0 saturated heterocycles. The molecule has 0 bridgehead atoms. The lowest BCUT2D eigenvalue weighted by Gasteiger charge is -2.17. The molecule has 1 rings (SSSR count). The number of carbonyl (C=O) groups is 2. The molecule has 0 aliphatic heterocycles. The average Bonchev–Trinajstić information content (AvgIpc) is 2.36. The summed E-state index contributed by atoms with van der Waals surface area (Å²) in [5.74, 6) is -1.16. The van der Waals surface area contributed by atoms with Crippen LogP contribution in [0.4, 0.5) is 0 Å². The molecule has 1 amide bonds. The molecular weight excluding hydrogens is 232 g/mol. The van der Waals surface area contributed by atoms with Crippen LogP contribution in [0.2, 0.25) is 0 Å². The Balaban J connectivity index is 2.47. The lowest BCUT2D eigenvalue weighted by atomic mass is 10.1. The highest BCUT2D eigenvalue weighted by Crippen LogP contribution is 2.10. The highest BCUT2D eigenvalue weighted by Gasteiger charge is 2.17. The van der Waals surface area contributed by atoms with Gasteiger partial charge in [-0.1, -0.05) is 30.3 Å². The van der Waals surface area contributed by atoms with E-state index in [9.17, 15) is 9.59 Å². The van der Waals surface area contributed by atoms with E-state index in [1.165, 1.54) is 0 Å². The van der Waals surface area contributed by atoms with Gasteiger partial charge in [-0.05, 0) is 18.9 Å². The quantitative estimate of drug-likeness (QED) is 0.703. The summed E-state index contributed by atoms with van der Waals surface area (Å²) >= 11 is 0. The maximum atomic E-state index is 11.8. The Morgan fingerprint density at radius 2 is 1.94 bits per heavy atom. The number of carboxylic acids is 1. The summed E-state index contributed by atoms with van der Waals surface area (Å²) in [7, 11) is 0. The molecule has 1 aromatic carbocycles. The highest BCUT2D eigenvalue weighted by atomic mass is 16.4. The minimum atomic E-state index is -0.872. The van der Waals surface area contributed by atoms with Crippen molar-refractivity contribution in [1.82, 2.24) is 5.32 Å². The van der Waals surface area contributed by atoms with E-state index in [-0.39, 0.29) is 18.4 Å². The van der Waals surface area contributed by atoms with E-state index >= 15 is 0 Å². The van der Waals surface area contributed by atoms with Crippen molar-refractivity contribution in [3.63, 3.8) is 0 Å². The summed E-state index contributed by atoms with van der Waals surface area (Å²) in [4.78, 5) is 22.2. The van der Waals surface area contributed by atoms with Crippen LogP contribution in [0.1, 0.15) is 31.4 Å². The van der Waals surface area contributed by atoms with Gasteiger partial charge in [0.25, 0.3) is 0 Å². The monoisotopic (exact) mass is 250 g/mol. The number of amides is 1. The van der Waals surface area contributed by atoms with Crippen LogP contribution >= 0.6 is 0 Å². The van der Waals surface area contributed by atoms with E-state index in [1.807, 2.05) is 18.2 Å². The van der Waals surface area contributed by atoms with E-state index in [4.69, 9.17) is 10.8 Å². The molecule has 0 heterocycles. The van der Waals surface area contributed by atoms with Gasteiger partial charge in [-0.25, -0.2) is 0 Å². The fourth-order valence-corrected chi connectivity index (χ4v) is 1.56. The van der Waals surface area contributed by atoms with E-state index in [2.05, 4.69) is 5.32 Å². The van der Waals surface area contributed by atoms with Gasteiger partial charge in [-0.2, -0.15) is 0 Å². The van der Waals surface area contributed by atoms with Gasteiger partial charge in [0.2, 0.25) is 5.91 Å². The number of rotatable bonds is 6. The molecule has 0 fully saturated rings. The highest BCUT2D eigenvalue weighted by molar-refractivity contribution is 5.83. The van der Waals surface area contributed by atoms with Crippen LogP contribution in [0.5, 0.6) is 0 Å². The lowest BCUT2D eigenvalue weighted by Crippen LogP contribution is -2.39. The zero-order valence-electron chi connectivity index (χ0n) is 10.3. The van der Waals surface area contributed by atoms with Crippen LogP contribution < -0.4 is 11.1 Å². The first-order valence-corrected chi connectivity index (χ1v) is 5.83. The maximum absolute atomic E-state index is 11.8. The SMILES string of the molecule is CC(CCC(=O)O)NC(=O)[C@@H](N)c1ccccc1. The molecule has 4 N–H and O–H groups in total. The second-order valence-electron chi connectivity index (χ2n) is 4.23. The van der Waals surface area contributed by atoms with Crippen LogP contribution in [0, 0.1) is 0 Å². The third-order valence-electron chi connectivity index (χ3n) is 2.62. The molecule has 1 aromatic rings. The number of benzene rings is 1. The van der Waals surface area contributed by atoms with Gasteiger partial charge < -0.3 is 16.2 Å². The molecular formula is C13H18N2O3. The zero-order valence-corrected chi connectivity index (χ0v) is 10.3. The second kappa shape index (κ2) is 6.76. The second-order valence-corrected chi connectivity index (χ2v) is 4.23. The number of carbonyl (C=O) groups excluding carboxylic acids is 1. The largest absolute Gasteiger partial charge is 0.481 e. The van der Waals surface area contributed by atoms with Crippen molar-refractivity contribution in [2.75, 3.05) is 0 Å². The van der Waals surface area contributed by atoms with Crippen molar-refractivity contribution < 1.29 is 14.7 Å². The first kappa shape index (κ1) is 14.2. The van der Waals surface area contributed by atoms with Crippen molar-refractivity contribution in [2.45, 2.75) is 31.8 Å². The van der Waals surface area contributed by atoms with Gasteiger partial charge in [-0.3, -0.25) is 9.59 Å². The van der Waals surface area contributed by atoms with E-state index in [0.717, 1.165) is 5.56 Å². The molecule has 0 aromatic heterocycles. The Hall–Kier alpha value is -1.88. The number of hydrogen-bond acceptors (Lipinski definition) is 3. The predicted octanol–water partition coefficient (Wildman–Crippen LogP) is 1.06. The van der Waals surface area contributed by atoms with Crippen LogP contribution in [-0.4, -0.2) is 23.0 Å². The van der Waals surface area contributed by atoms with E-state index in [1.54, 1.807) is 19.1 Å². The fourth-order valence-electron chi connectivity index (χ4n) is 1.56. The average molecular weight is 250 g/mol. The Morgan fingerprint density at radius 1 is 1.33 bits per heavy atom. The molecule has 0 spiro atoms. The van der Waals surface area contributed by atoms with Crippen LogP contribution in [0.15, 0.2) is 30.3 Å². The zero-order chi connectivity index (χ0) is 13.5. The minimum absolute atomic E-state index is 0.0298. The summed E-state index contributed by atoms with van der Waals surface area (Å²) in [5.41, 5.74) is 6.55. The molecule has 0 radical (unpaired) electrons. The predicted molar refractivity (Wildman–Crippen MR) is 67.8 cm³/mol. The Kier molecular flexibility index (Phi) is 5.32. The van der Waals surface area contributed by atoms with E-state index in [0.29, 0.717) is 6.42 Å². The number of carboxylic acid groups (broad SMARTS) is 1. The molecule has 1 unspecified atom stereocenters. The van der Waals surface area contributed by atoms with Gasteiger partial charge in [0.05, 0.1) is 0 Å². The molecule has 0 aliphatic carbocycles. The molecule has 18 heavy (non-hydrogen) atoms. The summed E-state index contributed by atoms with van der Waals surface area (Å²) in [6.07, 6.45) is 0.421. The third-order valence-corrected chi connectivity index (χ3v) is 2.62. The summed E-state index contributed by atoms with van der Waals surface area (Å²) < 4.78 is 0. The van der Waals surface area contributed by atoms with Crippen LogP contribution in [0.25, 0.3) is 0 Å². The summed E-state index contributed by atoms with van der Waals surface area (Å²) in [6, 6.07) is 8.12. The third kappa shape index (κ3) is 4.55. The molecule has 0 aliphatic rings. The van der Waals surface area contributed by atoms with Gasteiger partial charge >= 0.3 is 5.97 Å². The van der Waals surface area contributed by atoms with Crippen molar-refractivity contribution in [3.05, 3.63) is 35.9 Å². The Bertz CT molecular complexity index is 406. The standard InChI is InChI=1S/C13H18N2O3/c1-9(7-8-11(16)17)15-13(18)12(14)10-5-3-2-4-6-10/h2-6,9,12H,7-8,14H2,1H3,(H,15,18)(H,16,17)/t9?,12-/m0/s1. The van der Waals surface area contributed by atoms with Gasteiger partial charge in [0.1, 0.15) is 6.04 Å². The molecule has 5 heteroatoms. The van der Waals surface area contributed by atoms with E-state index < -0.39 is 12.0 Å². The number of nitrogens with one attached hydrogen (secondary N) is 1. The molecule has 98 valence electrons. The number of hydrogen-bond donors (Lipinski definition) is 3. The lowest BCUT2D eigenvalue weighted by molar-refractivity contribution is -0.137. The first-order valence-electron chi connectivity index (χ1n) is 5.83. The number of nitrogens with two attached hydrogens (primary N) is 1. The minimum Gasteiger partial charge on any atom is -0.481 e. The maximum Gasteiger partial charge on any atom is 0.303 e.